The van der Waals surface area contributed by atoms with Crippen LogP contribution in [-0.4, -0.2) is 0 Å². The molecule has 0 heterocycles. The van der Waals surface area contributed by atoms with Crippen LogP contribution in [0.2, 0.25) is 10.0 Å². The van der Waals surface area contributed by atoms with E-state index in [1.807, 2.05) is 19.9 Å². The summed E-state index contributed by atoms with van der Waals surface area (Å²) in [6, 6.07) is 3.79. The Labute approximate surface area is 101 Å². The zero-order valence-corrected chi connectivity index (χ0v) is 10.5. The average molecular weight is 255 g/mol. The van der Waals surface area contributed by atoms with Crippen LogP contribution in [0, 0.1) is 6.92 Å². The molecule has 0 amide bonds. The highest BCUT2D eigenvalue weighted by Crippen LogP contribution is 2.30. The summed E-state index contributed by atoms with van der Waals surface area (Å²) in [5.41, 5.74) is 7.98. The Morgan fingerprint density at radius 3 is 2.43 bits per heavy atom. The lowest BCUT2D eigenvalue weighted by molar-refractivity contribution is 0.694. The molecule has 0 saturated heterocycles. The highest BCUT2D eigenvalue weighted by Gasteiger charge is 2.10. The molecule has 14 heavy (non-hydrogen) atoms. The Bertz CT molecular complexity index is 312. The van der Waals surface area contributed by atoms with E-state index >= 15 is 0 Å². The van der Waals surface area contributed by atoms with Crippen molar-refractivity contribution in [2.24, 2.45) is 5.73 Å². The monoisotopic (exact) mass is 253 g/mol. The Hall–Kier alpha value is 0.0500. The minimum Gasteiger partial charge on any atom is -0.324 e. The predicted molar refractivity (Wildman–Crippen MR) is 65.7 cm³/mol. The minimum absolute atomic E-state index is 0. The molecule has 0 bridgehead atoms. The molecular formula is C10H14Cl3N. The molecular weight excluding hydrogens is 240 g/mol. The molecule has 80 valence electrons. The molecule has 0 spiro atoms. The van der Waals surface area contributed by atoms with Gasteiger partial charge in [0, 0.05) is 6.04 Å². The van der Waals surface area contributed by atoms with Crippen LogP contribution in [0.1, 0.15) is 30.5 Å². The first-order valence-corrected chi connectivity index (χ1v) is 5.03. The normalized spacial score (nSPS) is 12.1. The highest BCUT2D eigenvalue weighted by molar-refractivity contribution is 6.42. The van der Waals surface area contributed by atoms with Gasteiger partial charge in [0.2, 0.25) is 0 Å². The molecule has 0 aliphatic rings. The average Bonchev–Trinajstić information content (AvgIpc) is 2.13. The summed E-state index contributed by atoms with van der Waals surface area (Å²) in [5.74, 6) is 0. The first-order valence-electron chi connectivity index (χ1n) is 4.28. The largest absolute Gasteiger partial charge is 0.324 e. The summed E-state index contributed by atoms with van der Waals surface area (Å²) in [5, 5.41) is 1.20. The zero-order chi connectivity index (χ0) is 10.0. The van der Waals surface area contributed by atoms with E-state index in [4.69, 9.17) is 28.9 Å². The lowest BCUT2D eigenvalue weighted by Crippen LogP contribution is -2.10. The van der Waals surface area contributed by atoms with Crippen LogP contribution in [-0.2, 0) is 0 Å². The van der Waals surface area contributed by atoms with Crippen LogP contribution in [0.4, 0.5) is 0 Å². The molecule has 0 fully saturated rings. The summed E-state index contributed by atoms with van der Waals surface area (Å²) in [6.45, 7) is 3.99. The number of benzene rings is 1. The molecule has 2 N–H and O–H groups in total. The van der Waals surface area contributed by atoms with Gasteiger partial charge in [0.15, 0.2) is 0 Å². The number of nitrogens with two attached hydrogens (primary N) is 1. The maximum atomic E-state index is 6.00. The second-order valence-corrected chi connectivity index (χ2v) is 3.88. The van der Waals surface area contributed by atoms with Gasteiger partial charge < -0.3 is 5.73 Å². The minimum atomic E-state index is 0. The summed E-state index contributed by atoms with van der Waals surface area (Å²) >= 11 is 11.9. The van der Waals surface area contributed by atoms with Crippen LogP contribution in [0.5, 0.6) is 0 Å². The Morgan fingerprint density at radius 1 is 1.36 bits per heavy atom. The maximum Gasteiger partial charge on any atom is 0.0624 e. The first-order chi connectivity index (χ1) is 6.07. The van der Waals surface area contributed by atoms with Crippen molar-refractivity contribution in [3.8, 4) is 0 Å². The predicted octanol–water partition coefficient (Wildman–Crippen LogP) is 4.13. The molecule has 1 nitrogen and oxygen atoms in total. The van der Waals surface area contributed by atoms with Crippen molar-refractivity contribution in [2.75, 3.05) is 0 Å². The van der Waals surface area contributed by atoms with Crippen molar-refractivity contribution in [1.29, 1.82) is 0 Å². The van der Waals surface area contributed by atoms with Gasteiger partial charge in [-0.3, -0.25) is 0 Å². The lowest BCUT2D eigenvalue weighted by atomic mass is 10.0. The fraction of sp³-hybridized carbons (Fsp3) is 0.400. The third kappa shape index (κ3) is 2.77. The summed E-state index contributed by atoms with van der Waals surface area (Å²) in [7, 11) is 0. The van der Waals surface area contributed by atoms with Crippen molar-refractivity contribution in [2.45, 2.75) is 26.3 Å². The molecule has 1 atom stereocenters. The molecule has 0 aliphatic heterocycles. The topological polar surface area (TPSA) is 26.0 Å². The van der Waals surface area contributed by atoms with E-state index < -0.39 is 0 Å². The van der Waals surface area contributed by atoms with Gasteiger partial charge in [0.1, 0.15) is 0 Å². The van der Waals surface area contributed by atoms with Crippen molar-refractivity contribution in [1.82, 2.24) is 0 Å². The summed E-state index contributed by atoms with van der Waals surface area (Å²) in [4.78, 5) is 0. The Kier molecular flexibility index (Phi) is 5.84. The van der Waals surface area contributed by atoms with E-state index in [-0.39, 0.29) is 18.4 Å². The first kappa shape index (κ1) is 14.1. The number of rotatable bonds is 2. The van der Waals surface area contributed by atoms with Gasteiger partial charge in [-0.2, -0.15) is 0 Å². The second-order valence-electron chi connectivity index (χ2n) is 3.09. The standard InChI is InChI=1S/C10H13Cl2N.ClH/c1-3-9(13)7-4-5-8(11)10(12)6(7)2;/h4-5,9H,3,13H2,1-2H3;1H/t9-;/m0./s1. The zero-order valence-electron chi connectivity index (χ0n) is 8.18. The van der Waals surface area contributed by atoms with Crippen molar-refractivity contribution in [3.63, 3.8) is 0 Å². The van der Waals surface area contributed by atoms with Crippen LogP contribution < -0.4 is 5.73 Å². The van der Waals surface area contributed by atoms with E-state index in [0.29, 0.717) is 10.0 Å². The quantitative estimate of drug-likeness (QED) is 0.844. The van der Waals surface area contributed by atoms with Crippen LogP contribution in [0.25, 0.3) is 0 Å². The third-order valence-electron chi connectivity index (χ3n) is 2.22. The lowest BCUT2D eigenvalue weighted by Gasteiger charge is -2.14. The Morgan fingerprint density at radius 2 is 1.93 bits per heavy atom. The number of hydrogen-bond donors (Lipinski definition) is 1. The van der Waals surface area contributed by atoms with Gasteiger partial charge in [0.25, 0.3) is 0 Å². The SMILES string of the molecule is CC[C@H](N)c1ccc(Cl)c(Cl)c1C.Cl. The molecule has 0 saturated carbocycles. The summed E-state index contributed by atoms with van der Waals surface area (Å²) in [6.07, 6.45) is 0.902. The van der Waals surface area contributed by atoms with Crippen molar-refractivity contribution < 1.29 is 0 Å². The Balaban J connectivity index is 0.00000169. The molecule has 0 aliphatic carbocycles. The fourth-order valence-electron chi connectivity index (χ4n) is 1.29. The number of halogens is 3. The van der Waals surface area contributed by atoms with E-state index in [9.17, 15) is 0 Å². The fourth-order valence-corrected chi connectivity index (χ4v) is 1.67. The van der Waals surface area contributed by atoms with Gasteiger partial charge in [-0.05, 0) is 30.5 Å². The van der Waals surface area contributed by atoms with E-state index in [0.717, 1.165) is 17.5 Å². The van der Waals surface area contributed by atoms with Crippen molar-refractivity contribution in [3.05, 3.63) is 33.3 Å². The van der Waals surface area contributed by atoms with Gasteiger partial charge in [0.05, 0.1) is 10.0 Å². The smallest absolute Gasteiger partial charge is 0.0624 e. The van der Waals surface area contributed by atoms with Gasteiger partial charge in [-0.1, -0.05) is 36.2 Å². The molecule has 4 heteroatoms. The molecule has 1 rings (SSSR count). The molecule has 1 aromatic rings. The van der Waals surface area contributed by atoms with Gasteiger partial charge >= 0.3 is 0 Å². The van der Waals surface area contributed by atoms with E-state index in [1.165, 1.54) is 0 Å². The second kappa shape index (κ2) is 5.82. The number of hydrogen-bond acceptors (Lipinski definition) is 1. The molecule has 0 unspecified atom stereocenters. The van der Waals surface area contributed by atoms with Gasteiger partial charge in [-0.25, -0.2) is 0 Å². The molecule has 0 aromatic heterocycles. The summed E-state index contributed by atoms with van der Waals surface area (Å²) < 4.78 is 0. The van der Waals surface area contributed by atoms with Gasteiger partial charge in [-0.15, -0.1) is 12.4 Å². The van der Waals surface area contributed by atoms with Crippen LogP contribution in [0.15, 0.2) is 12.1 Å². The molecule has 1 aromatic carbocycles. The van der Waals surface area contributed by atoms with Crippen LogP contribution in [0.3, 0.4) is 0 Å². The van der Waals surface area contributed by atoms with Crippen LogP contribution >= 0.6 is 35.6 Å². The molecule has 0 radical (unpaired) electrons. The third-order valence-corrected chi connectivity index (χ3v) is 3.12. The van der Waals surface area contributed by atoms with E-state index in [1.54, 1.807) is 6.07 Å². The maximum absolute atomic E-state index is 6.00. The van der Waals surface area contributed by atoms with E-state index in [2.05, 4.69) is 0 Å². The van der Waals surface area contributed by atoms with Crippen molar-refractivity contribution >= 4 is 35.6 Å². The highest BCUT2D eigenvalue weighted by atomic mass is 35.5.